The first-order valence-corrected chi connectivity index (χ1v) is 12.2. The number of ether oxygens (including phenoxy) is 1. The van der Waals surface area contributed by atoms with Gasteiger partial charge in [0.25, 0.3) is 5.91 Å². The lowest BCUT2D eigenvalue weighted by Gasteiger charge is -2.34. The van der Waals surface area contributed by atoms with Crippen molar-refractivity contribution in [3.63, 3.8) is 0 Å². The zero-order valence-electron chi connectivity index (χ0n) is 21.6. The fraction of sp³-hybridized carbons (Fsp3) is 0.333. The van der Waals surface area contributed by atoms with Crippen LogP contribution in [-0.2, 0) is 20.0 Å². The van der Waals surface area contributed by atoms with Crippen LogP contribution in [0, 0.1) is 12.7 Å². The number of benzene rings is 1. The van der Waals surface area contributed by atoms with E-state index in [2.05, 4.69) is 26.4 Å². The first kappa shape index (κ1) is 24.5. The maximum atomic E-state index is 14.0. The Hall–Kier alpha value is -4.21. The minimum Gasteiger partial charge on any atom is -0.494 e. The summed E-state index contributed by atoms with van der Waals surface area (Å²) in [4.78, 5) is 24.3. The van der Waals surface area contributed by atoms with Gasteiger partial charge in [-0.15, -0.1) is 0 Å². The maximum Gasteiger partial charge on any atom is 0.254 e. The molecule has 10 heteroatoms. The second kappa shape index (κ2) is 9.68. The monoisotopic (exact) mass is 503 g/mol. The lowest BCUT2D eigenvalue weighted by atomic mass is 9.87. The van der Waals surface area contributed by atoms with Gasteiger partial charge in [-0.2, -0.15) is 5.10 Å². The van der Waals surface area contributed by atoms with Crippen LogP contribution in [0.15, 0.2) is 43.0 Å². The Bertz CT molecular complexity index is 1480. The molecule has 192 valence electrons. The lowest BCUT2D eigenvalue weighted by molar-refractivity contribution is 0.0669. The van der Waals surface area contributed by atoms with E-state index < -0.39 is 5.82 Å². The third-order valence-electron chi connectivity index (χ3n) is 6.96. The molecule has 1 aromatic carbocycles. The summed E-state index contributed by atoms with van der Waals surface area (Å²) in [5, 5.41) is 7.64. The average Bonchev–Trinajstić information content (AvgIpc) is 3.48. The van der Waals surface area contributed by atoms with Crippen LogP contribution in [0.2, 0.25) is 0 Å². The van der Waals surface area contributed by atoms with Crippen molar-refractivity contribution in [2.45, 2.75) is 32.9 Å². The van der Waals surface area contributed by atoms with Crippen molar-refractivity contribution < 1.29 is 13.9 Å². The number of methoxy groups -OCH3 is 1. The topological polar surface area (TPSA) is 90.1 Å². The molecule has 0 fully saturated rings. The zero-order chi connectivity index (χ0) is 26.3. The van der Waals surface area contributed by atoms with Crippen LogP contribution < -0.4 is 10.1 Å². The number of aryl methyl sites for hydroxylation is 2. The van der Waals surface area contributed by atoms with E-state index >= 15 is 0 Å². The van der Waals surface area contributed by atoms with Gasteiger partial charge in [-0.05, 0) is 49.1 Å². The summed E-state index contributed by atoms with van der Waals surface area (Å²) in [5.74, 6) is 0.243. The number of carbonyl (C=O) groups is 1. The first-order valence-electron chi connectivity index (χ1n) is 12.2. The number of pyridine rings is 1. The number of aromatic nitrogens is 5. The summed E-state index contributed by atoms with van der Waals surface area (Å²) < 4.78 is 22.9. The third kappa shape index (κ3) is 4.43. The Labute approximate surface area is 214 Å². The average molecular weight is 504 g/mol. The Morgan fingerprint density at radius 2 is 1.97 bits per heavy atom. The van der Waals surface area contributed by atoms with Gasteiger partial charge in [0.1, 0.15) is 0 Å². The number of amides is 1. The van der Waals surface area contributed by atoms with Gasteiger partial charge >= 0.3 is 0 Å². The van der Waals surface area contributed by atoms with Crippen LogP contribution >= 0.6 is 0 Å². The highest BCUT2D eigenvalue weighted by molar-refractivity contribution is 5.99. The number of nitrogens with one attached hydrogen (secondary N) is 1. The van der Waals surface area contributed by atoms with Crippen molar-refractivity contribution in [2.75, 3.05) is 26.0 Å². The zero-order valence-corrected chi connectivity index (χ0v) is 21.6. The van der Waals surface area contributed by atoms with E-state index in [1.807, 2.05) is 51.0 Å². The summed E-state index contributed by atoms with van der Waals surface area (Å²) in [6, 6.07) is 5.33. The van der Waals surface area contributed by atoms with E-state index in [0.29, 0.717) is 30.8 Å². The SMILES string of the molecule is CNc1nccn1Cc1cc2c(c(-c3cn(C)nc3C)c1)CCN([C@@H](C)c1cc(OC)c(F)cn1)C2=O. The third-order valence-corrected chi connectivity index (χ3v) is 6.96. The number of halogens is 1. The number of fused-ring (bicyclic) bond motifs is 1. The van der Waals surface area contributed by atoms with Crippen molar-refractivity contribution in [1.29, 1.82) is 0 Å². The molecule has 1 atom stereocenters. The Morgan fingerprint density at radius 1 is 1.19 bits per heavy atom. The van der Waals surface area contributed by atoms with Crippen molar-refractivity contribution in [3.05, 3.63) is 76.9 Å². The number of hydrogen-bond acceptors (Lipinski definition) is 6. The van der Waals surface area contributed by atoms with Gasteiger partial charge in [-0.1, -0.05) is 0 Å². The molecule has 5 rings (SSSR count). The van der Waals surface area contributed by atoms with Crippen LogP contribution in [0.3, 0.4) is 0 Å². The van der Waals surface area contributed by atoms with Crippen LogP contribution in [0.1, 0.15) is 45.8 Å². The predicted octanol–water partition coefficient (Wildman–Crippen LogP) is 3.98. The summed E-state index contributed by atoms with van der Waals surface area (Å²) in [6.07, 6.45) is 7.47. The molecule has 0 radical (unpaired) electrons. The molecule has 0 bridgehead atoms. The molecule has 0 aliphatic carbocycles. The van der Waals surface area contributed by atoms with Crippen molar-refractivity contribution in [1.82, 2.24) is 29.2 Å². The number of rotatable bonds is 7. The number of imidazole rings is 1. The highest BCUT2D eigenvalue weighted by atomic mass is 19.1. The smallest absolute Gasteiger partial charge is 0.254 e. The summed E-state index contributed by atoms with van der Waals surface area (Å²) >= 11 is 0. The molecule has 1 amide bonds. The molecule has 0 spiro atoms. The standard InChI is InChI=1S/C27H30FN7O2/c1-16-22(15-33(4)32-16)20-10-18(14-34-9-7-30-27(34)29-3)11-21-19(20)6-8-35(26(21)36)17(2)24-12-25(37-5)23(28)13-31-24/h7,9-13,15,17H,6,8,14H2,1-5H3,(H,29,30)/t17-/m0/s1. The molecule has 0 unspecified atom stereocenters. The normalized spacial score (nSPS) is 14.0. The van der Waals surface area contributed by atoms with Gasteiger partial charge in [-0.3, -0.25) is 14.5 Å². The quantitative estimate of drug-likeness (QED) is 0.410. The molecule has 0 saturated carbocycles. The molecule has 9 nitrogen and oxygen atoms in total. The van der Waals surface area contributed by atoms with Crippen LogP contribution in [0.5, 0.6) is 5.75 Å². The van der Waals surface area contributed by atoms with E-state index in [0.717, 1.165) is 40.1 Å². The van der Waals surface area contributed by atoms with Gasteiger partial charge in [0.2, 0.25) is 5.95 Å². The molecular formula is C27H30FN7O2. The molecular weight excluding hydrogens is 473 g/mol. The van der Waals surface area contributed by atoms with Crippen molar-refractivity contribution in [3.8, 4) is 16.9 Å². The Kier molecular flexibility index (Phi) is 6.41. The molecule has 37 heavy (non-hydrogen) atoms. The van der Waals surface area contributed by atoms with Gasteiger partial charge in [-0.25, -0.2) is 9.37 Å². The van der Waals surface area contributed by atoms with Crippen LogP contribution in [-0.4, -0.2) is 55.8 Å². The molecule has 0 saturated heterocycles. The summed E-state index contributed by atoms with van der Waals surface area (Å²) in [6.45, 7) is 4.96. The lowest BCUT2D eigenvalue weighted by Crippen LogP contribution is -2.40. The molecule has 4 heterocycles. The number of anilines is 1. The molecule has 4 aromatic rings. The largest absolute Gasteiger partial charge is 0.494 e. The Balaban J connectivity index is 1.58. The molecule has 3 aromatic heterocycles. The summed E-state index contributed by atoms with van der Waals surface area (Å²) in [5.41, 5.74) is 6.17. The van der Waals surface area contributed by atoms with Crippen LogP contribution in [0.25, 0.3) is 11.1 Å². The summed E-state index contributed by atoms with van der Waals surface area (Å²) in [7, 11) is 5.14. The molecule has 1 aliphatic rings. The van der Waals surface area contributed by atoms with Gasteiger partial charge in [0.05, 0.1) is 37.3 Å². The van der Waals surface area contributed by atoms with Crippen molar-refractivity contribution >= 4 is 11.9 Å². The highest BCUT2D eigenvalue weighted by Crippen LogP contribution is 2.36. The molecule has 1 N–H and O–H groups in total. The number of hydrogen-bond donors (Lipinski definition) is 1. The van der Waals surface area contributed by atoms with Crippen LogP contribution in [0.4, 0.5) is 10.3 Å². The number of carbonyl (C=O) groups excluding carboxylic acids is 1. The van der Waals surface area contributed by atoms with E-state index in [9.17, 15) is 9.18 Å². The first-order chi connectivity index (χ1) is 17.8. The predicted molar refractivity (Wildman–Crippen MR) is 138 cm³/mol. The second-order valence-corrected chi connectivity index (χ2v) is 9.27. The van der Waals surface area contributed by atoms with E-state index in [4.69, 9.17) is 4.74 Å². The van der Waals surface area contributed by atoms with Gasteiger partial charge in [0.15, 0.2) is 11.6 Å². The fourth-order valence-electron chi connectivity index (χ4n) is 5.09. The van der Waals surface area contributed by atoms with E-state index in [1.165, 1.54) is 7.11 Å². The Morgan fingerprint density at radius 3 is 2.68 bits per heavy atom. The molecule has 1 aliphatic heterocycles. The van der Waals surface area contributed by atoms with E-state index in [1.54, 1.807) is 21.8 Å². The highest BCUT2D eigenvalue weighted by Gasteiger charge is 2.32. The number of nitrogens with zero attached hydrogens (tertiary/aromatic N) is 6. The van der Waals surface area contributed by atoms with Gasteiger partial charge < -0.3 is 19.5 Å². The minimum atomic E-state index is -0.532. The minimum absolute atomic E-state index is 0.0806. The van der Waals surface area contributed by atoms with Crippen molar-refractivity contribution in [2.24, 2.45) is 7.05 Å². The second-order valence-electron chi connectivity index (χ2n) is 9.27. The van der Waals surface area contributed by atoms with Gasteiger partial charge in [0, 0.05) is 56.4 Å². The fourth-order valence-corrected chi connectivity index (χ4v) is 5.09. The maximum absolute atomic E-state index is 14.0. The van der Waals surface area contributed by atoms with E-state index in [-0.39, 0.29) is 17.7 Å².